The number of primary amides is 1. The Bertz CT molecular complexity index is 660. The minimum absolute atomic E-state index is 0.171. The summed E-state index contributed by atoms with van der Waals surface area (Å²) in [5.74, 6) is 0.241. The molecule has 0 aliphatic heterocycles. The number of carbonyl (C=O) groups is 1. The summed E-state index contributed by atoms with van der Waals surface area (Å²) in [5, 5.41) is 7.21. The molecule has 1 amide bonds. The van der Waals surface area contributed by atoms with Crippen LogP contribution in [-0.2, 0) is 12.3 Å². The summed E-state index contributed by atoms with van der Waals surface area (Å²) in [6.07, 6.45) is 1.97. The fourth-order valence-corrected chi connectivity index (χ4v) is 2.77. The molecular formula is C14H18N4O2S. The zero-order chi connectivity index (χ0) is 15.2. The Morgan fingerprint density at radius 2 is 2.10 bits per heavy atom. The highest BCUT2D eigenvalue weighted by Crippen LogP contribution is 2.20. The Morgan fingerprint density at radius 1 is 1.38 bits per heavy atom. The number of nitrogens with one attached hydrogen (secondary N) is 1. The highest BCUT2D eigenvalue weighted by Gasteiger charge is 2.09. The lowest BCUT2D eigenvalue weighted by molar-refractivity contribution is 0.100. The third-order valence-corrected chi connectivity index (χ3v) is 4.11. The molecule has 0 atom stereocenters. The lowest BCUT2D eigenvalue weighted by Gasteiger charge is -2.05. The number of aromatic nitrogens is 3. The third kappa shape index (κ3) is 3.98. The first kappa shape index (κ1) is 15.4. The predicted octanol–water partition coefficient (Wildman–Crippen LogP) is 1.76. The van der Waals surface area contributed by atoms with Crippen molar-refractivity contribution < 1.29 is 4.79 Å². The van der Waals surface area contributed by atoms with Gasteiger partial charge in [0.05, 0.1) is 0 Å². The van der Waals surface area contributed by atoms with Crippen LogP contribution in [0.15, 0.2) is 34.2 Å². The molecule has 0 saturated carbocycles. The first-order valence-corrected chi connectivity index (χ1v) is 7.77. The maximum absolute atomic E-state index is 11.7. The molecular weight excluding hydrogens is 288 g/mol. The summed E-state index contributed by atoms with van der Waals surface area (Å²) < 4.78 is 1.66. The molecule has 0 fully saturated rings. The average Bonchev–Trinajstić information content (AvgIpc) is 2.83. The standard InChI is InChI=1S/C14H18N4O2S/c1-2-3-8-18-13(20)16-17-14(18)21-9-10-4-6-11(7-5-10)12(15)19/h4-7H,2-3,8-9H2,1H3,(H2,15,19)(H,16,20). The number of H-pyrrole nitrogens is 1. The van der Waals surface area contributed by atoms with Crippen molar-refractivity contribution in [1.29, 1.82) is 0 Å². The number of nitrogens with two attached hydrogens (primary N) is 1. The minimum Gasteiger partial charge on any atom is -0.366 e. The van der Waals surface area contributed by atoms with Crippen LogP contribution < -0.4 is 11.4 Å². The highest BCUT2D eigenvalue weighted by atomic mass is 32.2. The molecule has 0 saturated heterocycles. The topological polar surface area (TPSA) is 93.8 Å². The first-order chi connectivity index (χ1) is 10.1. The van der Waals surface area contributed by atoms with Crippen molar-refractivity contribution >= 4 is 17.7 Å². The second kappa shape index (κ2) is 7.12. The summed E-state index contributed by atoms with van der Waals surface area (Å²) in [5.41, 5.74) is 6.56. The summed E-state index contributed by atoms with van der Waals surface area (Å²) in [4.78, 5) is 22.7. The maximum atomic E-state index is 11.7. The van der Waals surface area contributed by atoms with Crippen LogP contribution in [0.25, 0.3) is 0 Å². The molecule has 1 aromatic heterocycles. The first-order valence-electron chi connectivity index (χ1n) is 6.78. The van der Waals surface area contributed by atoms with Crippen LogP contribution in [0.2, 0.25) is 0 Å². The van der Waals surface area contributed by atoms with E-state index in [1.165, 1.54) is 11.8 Å². The van der Waals surface area contributed by atoms with Crippen LogP contribution in [0.4, 0.5) is 0 Å². The second-order valence-electron chi connectivity index (χ2n) is 4.67. The largest absolute Gasteiger partial charge is 0.366 e. The van der Waals surface area contributed by atoms with Gasteiger partial charge in [0, 0.05) is 17.9 Å². The molecule has 2 rings (SSSR count). The summed E-state index contributed by atoms with van der Waals surface area (Å²) >= 11 is 1.49. The molecule has 0 radical (unpaired) electrons. The molecule has 1 heterocycles. The van der Waals surface area contributed by atoms with Crippen LogP contribution in [-0.4, -0.2) is 20.7 Å². The fraction of sp³-hybridized carbons (Fsp3) is 0.357. The molecule has 1 aromatic carbocycles. The van der Waals surface area contributed by atoms with E-state index in [-0.39, 0.29) is 5.69 Å². The number of carbonyl (C=O) groups excluding carboxylic acids is 1. The van der Waals surface area contributed by atoms with Crippen molar-refractivity contribution in [3.8, 4) is 0 Å². The molecule has 21 heavy (non-hydrogen) atoms. The average molecular weight is 306 g/mol. The summed E-state index contributed by atoms with van der Waals surface area (Å²) in [7, 11) is 0. The van der Waals surface area contributed by atoms with E-state index in [9.17, 15) is 9.59 Å². The molecule has 0 bridgehead atoms. The Morgan fingerprint density at radius 3 is 2.71 bits per heavy atom. The molecule has 3 N–H and O–H groups in total. The monoisotopic (exact) mass is 306 g/mol. The van der Waals surface area contributed by atoms with Gasteiger partial charge in [0.25, 0.3) is 0 Å². The van der Waals surface area contributed by atoms with Gasteiger partial charge in [-0.15, -0.1) is 5.10 Å². The lowest BCUT2D eigenvalue weighted by Crippen LogP contribution is -2.17. The molecule has 0 unspecified atom stereocenters. The van der Waals surface area contributed by atoms with E-state index in [2.05, 4.69) is 17.1 Å². The quantitative estimate of drug-likeness (QED) is 0.762. The van der Waals surface area contributed by atoms with E-state index in [0.717, 1.165) is 18.4 Å². The Hall–Kier alpha value is -2.02. The number of unbranched alkanes of at least 4 members (excludes halogenated alkanes) is 1. The van der Waals surface area contributed by atoms with E-state index < -0.39 is 5.91 Å². The Balaban J connectivity index is 2.02. The van der Waals surface area contributed by atoms with Crippen molar-refractivity contribution in [1.82, 2.24) is 14.8 Å². The van der Waals surface area contributed by atoms with Gasteiger partial charge in [-0.2, -0.15) is 0 Å². The number of hydrogen-bond acceptors (Lipinski definition) is 4. The van der Waals surface area contributed by atoms with Crippen molar-refractivity contribution in [2.45, 2.75) is 37.2 Å². The van der Waals surface area contributed by atoms with Gasteiger partial charge in [0.2, 0.25) is 5.91 Å². The van der Waals surface area contributed by atoms with Gasteiger partial charge in [-0.1, -0.05) is 37.2 Å². The number of nitrogens with zero attached hydrogens (tertiary/aromatic N) is 2. The van der Waals surface area contributed by atoms with Gasteiger partial charge in [-0.3, -0.25) is 9.36 Å². The van der Waals surface area contributed by atoms with Gasteiger partial charge in [-0.25, -0.2) is 9.89 Å². The van der Waals surface area contributed by atoms with Gasteiger partial charge in [0.15, 0.2) is 5.16 Å². The maximum Gasteiger partial charge on any atom is 0.343 e. The molecule has 2 aromatic rings. The predicted molar refractivity (Wildman–Crippen MR) is 82.3 cm³/mol. The van der Waals surface area contributed by atoms with E-state index >= 15 is 0 Å². The number of aromatic amines is 1. The van der Waals surface area contributed by atoms with E-state index in [4.69, 9.17) is 5.73 Å². The smallest absolute Gasteiger partial charge is 0.343 e. The lowest BCUT2D eigenvalue weighted by atomic mass is 10.1. The van der Waals surface area contributed by atoms with Crippen molar-refractivity contribution in [2.24, 2.45) is 5.73 Å². The van der Waals surface area contributed by atoms with E-state index in [1.807, 2.05) is 12.1 Å². The normalized spacial score (nSPS) is 10.7. The molecule has 6 nitrogen and oxygen atoms in total. The number of hydrogen-bond donors (Lipinski definition) is 2. The van der Waals surface area contributed by atoms with Gasteiger partial charge in [0.1, 0.15) is 0 Å². The van der Waals surface area contributed by atoms with Crippen molar-refractivity contribution in [3.63, 3.8) is 0 Å². The van der Waals surface area contributed by atoms with Crippen LogP contribution in [0.5, 0.6) is 0 Å². The second-order valence-corrected chi connectivity index (χ2v) is 5.61. The Kier molecular flexibility index (Phi) is 5.21. The van der Waals surface area contributed by atoms with Crippen LogP contribution >= 0.6 is 11.8 Å². The highest BCUT2D eigenvalue weighted by molar-refractivity contribution is 7.98. The number of benzene rings is 1. The van der Waals surface area contributed by atoms with Gasteiger partial charge in [-0.05, 0) is 24.1 Å². The zero-order valence-electron chi connectivity index (χ0n) is 11.8. The molecule has 7 heteroatoms. The minimum atomic E-state index is -0.435. The summed E-state index contributed by atoms with van der Waals surface area (Å²) in [6.45, 7) is 2.76. The Labute approximate surface area is 126 Å². The van der Waals surface area contributed by atoms with Crippen LogP contribution in [0, 0.1) is 0 Å². The fourth-order valence-electron chi connectivity index (χ4n) is 1.84. The van der Waals surface area contributed by atoms with Crippen LogP contribution in [0.3, 0.4) is 0 Å². The van der Waals surface area contributed by atoms with E-state index in [1.54, 1.807) is 16.7 Å². The van der Waals surface area contributed by atoms with Crippen LogP contribution in [0.1, 0.15) is 35.7 Å². The van der Waals surface area contributed by atoms with Gasteiger partial charge < -0.3 is 5.73 Å². The van der Waals surface area contributed by atoms with Crippen molar-refractivity contribution in [2.75, 3.05) is 0 Å². The molecule has 0 aliphatic carbocycles. The molecule has 112 valence electrons. The van der Waals surface area contributed by atoms with Gasteiger partial charge >= 0.3 is 5.69 Å². The number of thioether (sulfide) groups is 1. The van der Waals surface area contributed by atoms with E-state index in [0.29, 0.717) is 23.0 Å². The van der Waals surface area contributed by atoms with Crippen molar-refractivity contribution in [3.05, 3.63) is 45.9 Å². The SMILES string of the molecule is CCCCn1c(SCc2ccc(C(N)=O)cc2)n[nH]c1=O. The number of amides is 1. The summed E-state index contributed by atoms with van der Waals surface area (Å²) in [6, 6.07) is 7.11. The third-order valence-electron chi connectivity index (χ3n) is 3.06. The molecule has 0 spiro atoms. The molecule has 0 aliphatic rings. The zero-order valence-corrected chi connectivity index (χ0v) is 12.7. The number of rotatable bonds is 7.